The summed E-state index contributed by atoms with van der Waals surface area (Å²) in [6.07, 6.45) is 0.414. The van der Waals surface area contributed by atoms with Gasteiger partial charge in [0.15, 0.2) is 0 Å². The Morgan fingerprint density at radius 2 is 1.45 bits per heavy atom. The zero-order valence-corrected chi connectivity index (χ0v) is 8.18. The molecule has 0 spiro atoms. The molecule has 0 aromatic rings. The molecule has 1 atom stereocenters. The second kappa shape index (κ2) is 3.11. The second-order valence-electron chi connectivity index (χ2n) is 4.50. The van der Waals surface area contributed by atoms with Crippen LogP contribution >= 0.6 is 0 Å². The van der Waals surface area contributed by atoms with Gasteiger partial charge in [-0.1, -0.05) is 13.8 Å². The van der Waals surface area contributed by atoms with E-state index < -0.39 is 11.2 Å². The Kier molecular flexibility index (Phi) is 3.09. The first kappa shape index (κ1) is 10.9. The lowest BCUT2D eigenvalue weighted by Gasteiger charge is -2.33. The molecule has 2 nitrogen and oxygen atoms in total. The van der Waals surface area contributed by atoms with Gasteiger partial charge in [-0.15, -0.1) is 0 Å². The molecule has 1 unspecified atom stereocenters. The average molecular weight is 160 g/mol. The lowest BCUT2D eigenvalue weighted by molar-refractivity contribution is -0.0614. The zero-order chi connectivity index (χ0) is 9.28. The summed E-state index contributed by atoms with van der Waals surface area (Å²) in [5.41, 5.74) is -1.55. The smallest absolute Gasteiger partial charge is 0.0669 e. The lowest BCUT2D eigenvalue weighted by atomic mass is 9.83. The Morgan fingerprint density at radius 3 is 1.55 bits per heavy atom. The van der Waals surface area contributed by atoms with Crippen LogP contribution in [-0.4, -0.2) is 21.4 Å². The van der Waals surface area contributed by atoms with Gasteiger partial charge in [-0.05, 0) is 26.7 Å². The molecule has 0 bridgehead atoms. The normalized spacial score (nSPS) is 18.5. The van der Waals surface area contributed by atoms with Crippen LogP contribution in [0.4, 0.5) is 0 Å². The van der Waals surface area contributed by atoms with E-state index in [0.717, 1.165) is 0 Å². The summed E-state index contributed by atoms with van der Waals surface area (Å²) < 4.78 is 0. The summed E-state index contributed by atoms with van der Waals surface area (Å²) in [5.74, 6) is 0.175. The van der Waals surface area contributed by atoms with Gasteiger partial charge in [0.1, 0.15) is 0 Å². The summed E-state index contributed by atoms with van der Waals surface area (Å²) in [6.45, 7) is 9.08. The van der Waals surface area contributed by atoms with Crippen molar-refractivity contribution in [1.29, 1.82) is 0 Å². The molecule has 2 N–H and O–H groups in total. The molecule has 0 aromatic carbocycles. The topological polar surface area (TPSA) is 40.5 Å². The van der Waals surface area contributed by atoms with Crippen molar-refractivity contribution in [3.8, 4) is 0 Å². The van der Waals surface area contributed by atoms with Crippen LogP contribution in [0, 0.1) is 5.92 Å². The molecule has 0 aliphatic rings. The van der Waals surface area contributed by atoms with Crippen molar-refractivity contribution in [3.63, 3.8) is 0 Å². The fraction of sp³-hybridized carbons (Fsp3) is 1.00. The highest BCUT2D eigenvalue weighted by Crippen LogP contribution is 2.26. The van der Waals surface area contributed by atoms with E-state index in [9.17, 15) is 10.2 Å². The average Bonchev–Trinajstić information content (AvgIpc) is 1.56. The standard InChI is InChI=1S/C9H20O2/c1-7(2)9(5,11)6-8(3,4)10/h7,10-11H,6H2,1-5H3. The van der Waals surface area contributed by atoms with Gasteiger partial charge in [-0.25, -0.2) is 0 Å². The molecule has 2 heteroatoms. The number of rotatable bonds is 3. The first-order valence-corrected chi connectivity index (χ1v) is 4.10. The SMILES string of the molecule is CC(C)C(C)(O)CC(C)(C)O. The summed E-state index contributed by atoms with van der Waals surface area (Å²) in [4.78, 5) is 0. The maximum absolute atomic E-state index is 9.77. The van der Waals surface area contributed by atoms with Crippen molar-refractivity contribution >= 4 is 0 Å². The van der Waals surface area contributed by atoms with Gasteiger partial charge in [-0.3, -0.25) is 0 Å². The fourth-order valence-electron chi connectivity index (χ4n) is 1.08. The Labute approximate surface area is 69.2 Å². The minimum absolute atomic E-state index is 0.175. The molecular weight excluding hydrogens is 140 g/mol. The monoisotopic (exact) mass is 160 g/mol. The molecule has 0 aliphatic carbocycles. The van der Waals surface area contributed by atoms with Gasteiger partial charge >= 0.3 is 0 Å². The molecule has 0 rings (SSSR count). The largest absolute Gasteiger partial charge is 0.390 e. The number of aliphatic hydroxyl groups is 2. The number of hydrogen-bond donors (Lipinski definition) is 2. The molecule has 0 aliphatic heterocycles. The fourth-order valence-corrected chi connectivity index (χ4v) is 1.08. The van der Waals surface area contributed by atoms with E-state index in [2.05, 4.69) is 0 Å². The van der Waals surface area contributed by atoms with E-state index in [4.69, 9.17) is 0 Å². The Bertz CT molecular complexity index is 120. The molecule has 0 saturated heterocycles. The molecule has 0 amide bonds. The molecule has 0 heterocycles. The van der Waals surface area contributed by atoms with Crippen molar-refractivity contribution < 1.29 is 10.2 Å². The third-order valence-electron chi connectivity index (χ3n) is 2.03. The highest BCUT2D eigenvalue weighted by Gasteiger charge is 2.31. The van der Waals surface area contributed by atoms with Gasteiger partial charge in [0.05, 0.1) is 11.2 Å². The van der Waals surface area contributed by atoms with Crippen molar-refractivity contribution in [1.82, 2.24) is 0 Å². The van der Waals surface area contributed by atoms with Crippen LogP contribution in [0.2, 0.25) is 0 Å². The van der Waals surface area contributed by atoms with E-state index in [-0.39, 0.29) is 5.92 Å². The van der Waals surface area contributed by atoms with Gasteiger partial charge in [0, 0.05) is 6.42 Å². The van der Waals surface area contributed by atoms with Crippen molar-refractivity contribution in [2.24, 2.45) is 5.92 Å². The zero-order valence-electron chi connectivity index (χ0n) is 8.18. The maximum atomic E-state index is 9.77. The van der Waals surface area contributed by atoms with Crippen LogP contribution in [-0.2, 0) is 0 Å². The second-order valence-corrected chi connectivity index (χ2v) is 4.50. The molecular formula is C9H20O2. The predicted octanol–water partition coefficient (Wildman–Crippen LogP) is 1.55. The van der Waals surface area contributed by atoms with Crippen LogP contribution in [0.5, 0.6) is 0 Å². The third-order valence-corrected chi connectivity index (χ3v) is 2.03. The maximum Gasteiger partial charge on any atom is 0.0669 e. The van der Waals surface area contributed by atoms with Crippen molar-refractivity contribution in [2.45, 2.75) is 52.2 Å². The van der Waals surface area contributed by atoms with Crippen LogP contribution in [0.25, 0.3) is 0 Å². The van der Waals surface area contributed by atoms with E-state index >= 15 is 0 Å². The van der Waals surface area contributed by atoms with E-state index in [1.165, 1.54) is 0 Å². The molecule has 0 fully saturated rings. The molecule has 0 aromatic heterocycles. The van der Waals surface area contributed by atoms with Gasteiger partial charge in [0.2, 0.25) is 0 Å². The van der Waals surface area contributed by atoms with Crippen LogP contribution in [0.1, 0.15) is 41.0 Å². The molecule has 11 heavy (non-hydrogen) atoms. The Hall–Kier alpha value is -0.0800. The van der Waals surface area contributed by atoms with Gasteiger partial charge in [-0.2, -0.15) is 0 Å². The summed E-state index contributed by atoms with van der Waals surface area (Å²) in [7, 11) is 0. The summed E-state index contributed by atoms with van der Waals surface area (Å²) in [5, 5.41) is 19.2. The first-order chi connectivity index (χ1) is 4.65. The minimum atomic E-state index is -0.784. The highest BCUT2D eigenvalue weighted by atomic mass is 16.3. The molecule has 68 valence electrons. The molecule has 0 radical (unpaired) electrons. The molecule has 0 saturated carbocycles. The predicted molar refractivity (Wildman–Crippen MR) is 46.4 cm³/mol. The van der Waals surface area contributed by atoms with Crippen LogP contribution in [0.15, 0.2) is 0 Å². The van der Waals surface area contributed by atoms with Crippen molar-refractivity contribution in [2.75, 3.05) is 0 Å². The van der Waals surface area contributed by atoms with Gasteiger partial charge < -0.3 is 10.2 Å². The third kappa shape index (κ3) is 4.38. The Balaban J connectivity index is 4.13. The summed E-state index contributed by atoms with van der Waals surface area (Å²) in [6, 6.07) is 0. The quantitative estimate of drug-likeness (QED) is 0.657. The van der Waals surface area contributed by atoms with Gasteiger partial charge in [0.25, 0.3) is 0 Å². The van der Waals surface area contributed by atoms with E-state index in [1.807, 2.05) is 13.8 Å². The Morgan fingerprint density at radius 1 is 1.09 bits per heavy atom. The van der Waals surface area contributed by atoms with Crippen molar-refractivity contribution in [3.05, 3.63) is 0 Å². The van der Waals surface area contributed by atoms with E-state index in [1.54, 1.807) is 20.8 Å². The lowest BCUT2D eigenvalue weighted by Crippen LogP contribution is -2.39. The highest BCUT2D eigenvalue weighted by molar-refractivity contribution is 4.83. The van der Waals surface area contributed by atoms with Crippen LogP contribution < -0.4 is 0 Å². The summed E-state index contributed by atoms with van der Waals surface area (Å²) >= 11 is 0. The van der Waals surface area contributed by atoms with Crippen LogP contribution in [0.3, 0.4) is 0 Å². The number of hydrogen-bond acceptors (Lipinski definition) is 2. The first-order valence-electron chi connectivity index (χ1n) is 4.10. The van der Waals surface area contributed by atoms with E-state index in [0.29, 0.717) is 6.42 Å². The minimum Gasteiger partial charge on any atom is -0.390 e.